The molecule has 24 heavy (non-hydrogen) atoms. The summed E-state index contributed by atoms with van der Waals surface area (Å²) in [5.41, 5.74) is 6.05. The van der Waals surface area contributed by atoms with Crippen LogP contribution in [0.4, 0.5) is 11.5 Å². The largest absolute Gasteiger partial charge is 0.395 e. The topological polar surface area (TPSA) is 114 Å². The molecule has 2 aromatic rings. The molecule has 130 valence electrons. The minimum absolute atomic E-state index is 0.0604. The number of rotatable bonds is 8. The van der Waals surface area contributed by atoms with E-state index >= 15 is 0 Å². The van der Waals surface area contributed by atoms with Gasteiger partial charge in [0.1, 0.15) is 11.5 Å². The third kappa shape index (κ3) is 4.03. The molecular weight excluding hydrogens is 312 g/mol. The van der Waals surface area contributed by atoms with E-state index in [9.17, 15) is 14.7 Å². The van der Waals surface area contributed by atoms with Crippen LogP contribution >= 0.6 is 0 Å². The predicted octanol–water partition coefficient (Wildman–Crippen LogP) is -0.236. The highest BCUT2D eigenvalue weighted by atomic mass is 16.5. The van der Waals surface area contributed by atoms with E-state index in [4.69, 9.17) is 10.5 Å². The number of nitrogens with one attached hydrogen (secondary N) is 1. The predicted molar refractivity (Wildman–Crippen MR) is 92.2 cm³/mol. The van der Waals surface area contributed by atoms with Gasteiger partial charge in [-0.25, -0.2) is 4.79 Å². The number of aromatic nitrogens is 2. The number of aromatic amines is 1. The molecule has 4 N–H and O–H groups in total. The summed E-state index contributed by atoms with van der Waals surface area (Å²) in [7, 11) is 1.52. The Bertz CT molecular complexity index is 770. The van der Waals surface area contributed by atoms with E-state index in [1.165, 1.54) is 11.7 Å². The number of H-pyrrole nitrogens is 1. The molecule has 0 radical (unpaired) electrons. The summed E-state index contributed by atoms with van der Waals surface area (Å²) in [6.45, 7) is 0.961. The van der Waals surface area contributed by atoms with Crippen LogP contribution in [0.5, 0.6) is 0 Å². The molecule has 0 aliphatic carbocycles. The Balaban J connectivity index is 2.45. The highest BCUT2D eigenvalue weighted by molar-refractivity contribution is 5.62. The summed E-state index contributed by atoms with van der Waals surface area (Å²) in [5.74, 6) is 0.0604. The first-order valence-electron chi connectivity index (χ1n) is 7.59. The van der Waals surface area contributed by atoms with Crippen LogP contribution in [0.15, 0.2) is 39.9 Å². The maximum Gasteiger partial charge on any atom is 0.330 e. The molecule has 0 bridgehead atoms. The van der Waals surface area contributed by atoms with Crippen molar-refractivity contribution in [3.63, 3.8) is 0 Å². The van der Waals surface area contributed by atoms with Crippen molar-refractivity contribution in [2.24, 2.45) is 0 Å². The van der Waals surface area contributed by atoms with Crippen LogP contribution in [0.2, 0.25) is 0 Å². The minimum atomic E-state index is -0.582. The van der Waals surface area contributed by atoms with Crippen molar-refractivity contribution in [3.05, 3.63) is 56.7 Å². The Kier molecular flexibility index (Phi) is 6.16. The van der Waals surface area contributed by atoms with Gasteiger partial charge in [0.05, 0.1) is 19.8 Å². The first-order chi connectivity index (χ1) is 11.6. The molecule has 0 aliphatic rings. The molecule has 0 unspecified atom stereocenters. The van der Waals surface area contributed by atoms with Crippen molar-refractivity contribution in [1.82, 2.24) is 9.55 Å². The van der Waals surface area contributed by atoms with Gasteiger partial charge >= 0.3 is 5.69 Å². The van der Waals surface area contributed by atoms with Crippen molar-refractivity contribution in [2.75, 3.05) is 37.5 Å². The number of nitrogens with zero attached hydrogens (tertiary/aromatic N) is 2. The summed E-state index contributed by atoms with van der Waals surface area (Å²) in [6.07, 6.45) is 0. The van der Waals surface area contributed by atoms with E-state index in [1.54, 1.807) is 4.90 Å². The van der Waals surface area contributed by atoms with E-state index in [0.29, 0.717) is 6.54 Å². The summed E-state index contributed by atoms with van der Waals surface area (Å²) in [5, 5.41) is 9.34. The Labute approximate surface area is 139 Å². The van der Waals surface area contributed by atoms with Gasteiger partial charge in [0.15, 0.2) is 0 Å². The molecule has 1 aromatic heterocycles. The molecule has 1 heterocycles. The number of aliphatic hydroxyl groups excluding tert-OH is 1. The molecule has 1 aromatic carbocycles. The molecule has 0 saturated heterocycles. The van der Waals surface area contributed by atoms with E-state index in [1.807, 2.05) is 30.3 Å². The van der Waals surface area contributed by atoms with E-state index in [0.717, 1.165) is 5.56 Å². The van der Waals surface area contributed by atoms with Crippen molar-refractivity contribution in [3.8, 4) is 0 Å². The van der Waals surface area contributed by atoms with Gasteiger partial charge in [-0.05, 0) is 5.56 Å². The Morgan fingerprint density at radius 2 is 2.00 bits per heavy atom. The highest BCUT2D eigenvalue weighted by Gasteiger charge is 2.18. The normalized spacial score (nSPS) is 10.8. The van der Waals surface area contributed by atoms with Gasteiger partial charge in [0, 0.05) is 20.2 Å². The van der Waals surface area contributed by atoms with Crippen LogP contribution in [0.1, 0.15) is 5.56 Å². The fourth-order valence-corrected chi connectivity index (χ4v) is 2.48. The smallest absolute Gasteiger partial charge is 0.330 e. The number of methoxy groups -OCH3 is 1. The number of hydrogen-bond donors (Lipinski definition) is 3. The van der Waals surface area contributed by atoms with Crippen LogP contribution in [0.25, 0.3) is 0 Å². The lowest BCUT2D eigenvalue weighted by molar-refractivity contribution is 0.186. The number of anilines is 2. The van der Waals surface area contributed by atoms with Crippen LogP contribution in [0, 0.1) is 0 Å². The second kappa shape index (κ2) is 8.32. The molecule has 0 aliphatic heterocycles. The van der Waals surface area contributed by atoms with Crippen LogP contribution in [0.3, 0.4) is 0 Å². The Hall–Kier alpha value is -2.58. The summed E-state index contributed by atoms with van der Waals surface area (Å²) in [6, 6.07) is 9.50. The van der Waals surface area contributed by atoms with E-state index < -0.39 is 11.2 Å². The zero-order valence-electron chi connectivity index (χ0n) is 13.6. The third-order valence-corrected chi connectivity index (χ3v) is 3.64. The Morgan fingerprint density at radius 1 is 1.29 bits per heavy atom. The average molecular weight is 334 g/mol. The van der Waals surface area contributed by atoms with Crippen LogP contribution < -0.4 is 21.9 Å². The quantitative estimate of drug-likeness (QED) is 0.614. The fourth-order valence-electron chi connectivity index (χ4n) is 2.48. The Morgan fingerprint density at radius 3 is 2.62 bits per heavy atom. The molecule has 0 atom stereocenters. The monoisotopic (exact) mass is 334 g/mol. The second-order valence-electron chi connectivity index (χ2n) is 5.27. The lowest BCUT2D eigenvalue weighted by Crippen LogP contribution is -2.39. The van der Waals surface area contributed by atoms with Crippen molar-refractivity contribution < 1.29 is 9.84 Å². The van der Waals surface area contributed by atoms with Gasteiger partial charge in [-0.2, -0.15) is 0 Å². The summed E-state index contributed by atoms with van der Waals surface area (Å²) in [4.78, 5) is 28.2. The zero-order valence-corrected chi connectivity index (χ0v) is 13.6. The second-order valence-corrected chi connectivity index (χ2v) is 5.27. The molecule has 2 rings (SSSR count). The number of benzene rings is 1. The fraction of sp³-hybridized carbons (Fsp3) is 0.375. The summed E-state index contributed by atoms with van der Waals surface area (Å²) < 4.78 is 6.23. The number of aliphatic hydroxyl groups is 1. The number of ether oxygens (including phenoxy) is 1. The lowest BCUT2D eigenvalue weighted by atomic mass is 10.2. The van der Waals surface area contributed by atoms with Gasteiger partial charge in [-0.15, -0.1) is 0 Å². The molecule has 0 spiro atoms. The van der Waals surface area contributed by atoms with Gasteiger partial charge in [0.2, 0.25) is 0 Å². The van der Waals surface area contributed by atoms with E-state index in [2.05, 4.69) is 4.98 Å². The molecule has 0 saturated carbocycles. The van der Waals surface area contributed by atoms with Crippen molar-refractivity contribution in [1.29, 1.82) is 0 Å². The van der Waals surface area contributed by atoms with Gasteiger partial charge in [-0.3, -0.25) is 14.3 Å². The number of nitrogen functional groups attached to an aromatic ring is 1. The van der Waals surface area contributed by atoms with Crippen LogP contribution in [-0.2, 0) is 17.8 Å². The highest BCUT2D eigenvalue weighted by Crippen LogP contribution is 2.18. The summed E-state index contributed by atoms with van der Waals surface area (Å²) >= 11 is 0. The molecule has 8 nitrogen and oxygen atoms in total. The van der Waals surface area contributed by atoms with Gasteiger partial charge < -0.3 is 20.5 Å². The third-order valence-electron chi connectivity index (χ3n) is 3.64. The number of nitrogens with two attached hydrogens (primary N) is 1. The first kappa shape index (κ1) is 17.8. The average Bonchev–Trinajstić information content (AvgIpc) is 2.55. The van der Waals surface area contributed by atoms with E-state index in [-0.39, 0.29) is 37.8 Å². The minimum Gasteiger partial charge on any atom is -0.395 e. The van der Waals surface area contributed by atoms with Crippen molar-refractivity contribution >= 4 is 11.5 Å². The van der Waals surface area contributed by atoms with Crippen LogP contribution in [-0.4, -0.2) is 41.5 Å². The number of hydrogen-bond acceptors (Lipinski definition) is 6. The lowest BCUT2D eigenvalue weighted by Gasteiger charge is -2.25. The first-order valence-corrected chi connectivity index (χ1v) is 7.59. The van der Waals surface area contributed by atoms with Gasteiger partial charge in [-0.1, -0.05) is 30.3 Å². The van der Waals surface area contributed by atoms with Gasteiger partial charge in [0.25, 0.3) is 5.56 Å². The molecule has 0 fully saturated rings. The molecule has 0 amide bonds. The molecular formula is C16H22N4O4. The maximum atomic E-state index is 12.3. The maximum absolute atomic E-state index is 12.3. The standard InChI is InChI=1S/C16H22N4O4/c1-24-10-8-20-14(17)13(15(22)18-16(20)23)19(7-9-21)11-12-5-3-2-4-6-12/h2-6,21H,7-11,17H2,1H3,(H,18,22,23). The SMILES string of the molecule is COCCn1c(N)c(N(CCO)Cc2ccccc2)c(=O)[nH]c1=O. The zero-order chi connectivity index (χ0) is 17.5. The molecule has 8 heteroatoms. The van der Waals surface area contributed by atoms with Crippen molar-refractivity contribution in [2.45, 2.75) is 13.1 Å².